The fraction of sp³-hybridized carbons (Fsp3) is 0.227. The van der Waals surface area contributed by atoms with Crippen molar-refractivity contribution in [2.24, 2.45) is 0 Å². The maximum Gasteiger partial charge on any atom is 0.269 e. The third-order valence-corrected chi connectivity index (χ3v) is 5.88. The predicted octanol–water partition coefficient (Wildman–Crippen LogP) is 5.14. The molecule has 2 aromatic carbocycles. The Kier molecular flexibility index (Phi) is 5.31. The number of carbonyl (C=O) groups is 1. The number of carbonyl (C=O) groups excluding carboxylic acids is 1. The highest BCUT2D eigenvalue weighted by atomic mass is 32.1. The number of nitro groups is 1. The van der Waals surface area contributed by atoms with Crippen molar-refractivity contribution < 1.29 is 14.5 Å². The van der Waals surface area contributed by atoms with Crippen LogP contribution in [0.1, 0.15) is 32.8 Å². The van der Waals surface area contributed by atoms with Gasteiger partial charge in [-0.15, -0.1) is 11.3 Å². The molecular formula is C22H20N2O4S. The molecule has 0 saturated heterocycles. The van der Waals surface area contributed by atoms with Crippen molar-refractivity contribution in [3.8, 4) is 5.75 Å². The summed E-state index contributed by atoms with van der Waals surface area (Å²) in [6, 6.07) is 14.1. The molecule has 148 valence electrons. The number of rotatable bonds is 5. The molecule has 1 aliphatic heterocycles. The summed E-state index contributed by atoms with van der Waals surface area (Å²) in [5.41, 5.74) is 4.36. The lowest BCUT2D eigenvalue weighted by Crippen LogP contribution is -2.35. The Morgan fingerprint density at radius 3 is 2.76 bits per heavy atom. The number of nitro benzene ring substituents is 1. The molecule has 0 spiro atoms. The van der Waals surface area contributed by atoms with Gasteiger partial charge in [-0.05, 0) is 55.0 Å². The molecule has 0 bridgehead atoms. The summed E-state index contributed by atoms with van der Waals surface area (Å²) in [7, 11) is 0. The molecule has 3 aromatic rings. The Balaban J connectivity index is 1.44. The van der Waals surface area contributed by atoms with Crippen molar-refractivity contribution in [2.45, 2.75) is 26.4 Å². The van der Waals surface area contributed by atoms with Crippen LogP contribution in [0.3, 0.4) is 0 Å². The van der Waals surface area contributed by atoms with Gasteiger partial charge in [-0.25, -0.2) is 0 Å². The molecule has 0 atom stereocenters. The van der Waals surface area contributed by atoms with Gasteiger partial charge in [0, 0.05) is 29.9 Å². The molecule has 0 unspecified atom stereocenters. The summed E-state index contributed by atoms with van der Waals surface area (Å²) in [6.45, 7) is 3.09. The lowest BCUT2D eigenvalue weighted by Gasteiger charge is -2.29. The zero-order valence-electron chi connectivity index (χ0n) is 16.0. The molecule has 0 saturated carbocycles. The highest BCUT2D eigenvalue weighted by Crippen LogP contribution is 2.30. The van der Waals surface area contributed by atoms with Gasteiger partial charge in [0.05, 0.1) is 9.80 Å². The van der Waals surface area contributed by atoms with Crippen molar-refractivity contribution in [1.29, 1.82) is 0 Å². The van der Waals surface area contributed by atoms with Crippen LogP contribution < -0.4 is 9.64 Å². The number of nitrogens with zero attached hydrogens (tertiary/aromatic N) is 2. The topological polar surface area (TPSA) is 72.7 Å². The smallest absolute Gasteiger partial charge is 0.269 e. The van der Waals surface area contributed by atoms with Crippen LogP contribution in [0.5, 0.6) is 5.75 Å². The van der Waals surface area contributed by atoms with E-state index in [4.69, 9.17) is 4.74 Å². The summed E-state index contributed by atoms with van der Waals surface area (Å²) < 4.78 is 5.69. The fourth-order valence-electron chi connectivity index (χ4n) is 3.46. The average molecular weight is 408 g/mol. The molecule has 6 nitrogen and oxygen atoms in total. The van der Waals surface area contributed by atoms with Gasteiger partial charge in [-0.2, -0.15) is 0 Å². The van der Waals surface area contributed by atoms with Crippen LogP contribution >= 0.6 is 11.3 Å². The molecule has 1 aliphatic rings. The Hall–Kier alpha value is -3.19. The summed E-state index contributed by atoms with van der Waals surface area (Å²) >= 11 is 1.41. The first-order chi connectivity index (χ1) is 14.0. The first-order valence-electron chi connectivity index (χ1n) is 9.37. The summed E-state index contributed by atoms with van der Waals surface area (Å²) in [4.78, 5) is 25.9. The molecular weight excluding hydrogens is 388 g/mol. The van der Waals surface area contributed by atoms with Crippen LogP contribution in [-0.4, -0.2) is 17.4 Å². The molecule has 0 radical (unpaired) electrons. The molecule has 29 heavy (non-hydrogen) atoms. The molecule has 1 aromatic heterocycles. The third kappa shape index (κ3) is 4.14. The first kappa shape index (κ1) is 19.1. The standard InChI is InChI=1S/C22H20N2O4S/c1-15-4-9-20-17(11-15)3-2-10-23(20)22(25)21-12-16(14-29-21)13-28-19-7-5-18(6-8-19)24(26)27/h4-9,11-12,14H,2-3,10,13H2,1H3. The van der Waals surface area contributed by atoms with Gasteiger partial charge in [-0.3, -0.25) is 14.9 Å². The van der Waals surface area contributed by atoms with Gasteiger partial charge in [0.15, 0.2) is 0 Å². The van der Waals surface area contributed by atoms with Gasteiger partial charge in [0.2, 0.25) is 0 Å². The molecule has 7 heteroatoms. The fourth-order valence-corrected chi connectivity index (χ4v) is 4.31. The second-order valence-corrected chi connectivity index (χ2v) is 7.96. The van der Waals surface area contributed by atoms with E-state index in [-0.39, 0.29) is 11.6 Å². The quantitative estimate of drug-likeness (QED) is 0.433. The van der Waals surface area contributed by atoms with Crippen molar-refractivity contribution in [2.75, 3.05) is 11.4 Å². The van der Waals surface area contributed by atoms with Crippen LogP contribution in [0.15, 0.2) is 53.9 Å². The number of aryl methyl sites for hydroxylation is 2. The monoisotopic (exact) mass is 408 g/mol. The van der Waals surface area contributed by atoms with E-state index in [1.165, 1.54) is 34.6 Å². The van der Waals surface area contributed by atoms with Crippen LogP contribution in [0.2, 0.25) is 0 Å². The Bertz CT molecular complexity index is 1060. The number of ether oxygens (including phenoxy) is 1. The van der Waals surface area contributed by atoms with Gasteiger partial charge in [0.1, 0.15) is 12.4 Å². The maximum atomic E-state index is 13.1. The number of fused-ring (bicyclic) bond motifs is 1. The van der Waals surface area contributed by atoms with E-state index >= 15 is 0 Å². The lowest BCUT2D eigenvalue weighted by atomic mass is 9.99. The minimum absolute atomic E-state index is 0.0152. The maximum absolute atomic E-state index is 13.1. The SMILES string of the molecule is Cc1ccc2c(c1)CCCN2C(=O)c1cc(COc2ccc([N+](=O)[O-])cc2)cs1. The number of hydrogen-bond donors (Lipinski definition) is 0. The van der Waals surface area contributed by atoms with E-state index in [9.17, 15) is 14.9 Å². The summed E-state index contributed by atoms with van der Waals surface area (Å²) in [6.07, 6.45) is 1.96. The highest BCUT2D eigenvalue weighted by Gasteiger charge is 2.24. The van der Waals surface area contributed by atoms with Crippen LogP contribution in [0, 0.1) is 17.0 Å². The van der Waals surface area contributed by atoms with E-state index < -0.39 is 4.92 Å². The first-order valence-corrected chi connectivity index (χ1v) is 10.3. The highest BCUT2D eigenvalue weighted by molar-refractivity contribution is 7.12. The molecule has 2 heterocycles. The third-order valence-electron chi connectivity index (χ3n) is 4.92. The minimum Gasteiger partial charge on any atom is -0.489 e. The number of benzene rings is 2. The Labute approximate surface area is 172 Å². The van der Waals surface area contributed by atoms with Crippen molar-refractivity contribution in [3.05, 3.63) is 85.6 Å². The van der Waals surface area contributed by atoms with E-state index in [1.807, 2.05) is 28.5 Å². The molecule has 0 N–H and O–H groups in total. The van der Waals surface area contributed by atoms with Gasteiger partial charge in [-0.1, -0.05) is 17.7 Å². The van der Waals surface area contributed by atoms with E-state index in [1.54, 1.807) is 12.1 Å². The number of hydrogen-bond acceptors (Lipinski definition) is 5. The van der Waals surface area contributed by atoms with Gasteiger partial charge < -0.3 is 9.64 Å². The van der Waals surface area contributed by atoms with Gasteiger partial charge >= 0.3 is 0 Å². The lowest BCUT2D eigenvalue weighted by molar-refractivity contribution is -0.384. The van der Waals surface area contributed by atoms with Gasteiger partial charge in [0.25, 0.3) is 11.6 Å². The molecule has 1 amide bonds. The van der Waals surface area contributed by atoms with Crippen LogP contribution in [-0.2, 0) is 13.0 Å². The van der Waals surface area contributed by atoms with E-state index in [0.717, 1.165) is 30.6 Å². The van der Waals surface area contributed by atoms with Crippen LogP contribution in [0.25, 0.3) is 0 Å². The number of thiophene rings is 1. The number of non-ortho nitro benzene ring substituents is 1. The number of anilines is 1. The molecule has 0 fully saturated rings. The zero-order chi connectivity index (χ0) is 20.4. The second kappa shape index (κ2) is 8.05. The molecule has 4 rings (SSSR count). The average Bonchev–Trinajstić information content (AvgIpc) is 3.20. The predicted molar refractivity (Wildman–Crippen MR) is 113 cm³/mol. The Morgan fingerprint density at radius 1 is 1.21 bits per heavy atom. The summed E-state index contributed by atoms with van der Waals surface area (Å²) in [5, 5.41) is 12.6. The van der Waals surface area contributed by atoms with E-state index in [0.29, 0.717) is 17.2 Å². The van der Waals surface area contributed by atoms with Crippen molar-refractivity contribution in [1.82, 2.24) is 0 Å². The normalized spacial score (nSPS) is 13.1. The summed E-state index contributed by atoms with van der Waals surface area (Å²) in [5.74, 6) is 0.566. The largest absolute Gasteiger partial charge is 0.489 e. The Morgan fingerprint density at radius 2 is 2.00 bits per heavy atom. The van der Waals surface area contributed by atoms with Crippen LogP contribution in [0.4, 0.5) is 11.4 Å². The number of amides is 1. The van der Waals surface area contributed by atoms with Crippen molar-refractivity contribution >= 4 is 28.6 Å². The van der Waals surface area contributed by atoms with E-state index in [2.05, 4.69) is 13.0 Å². The second-order valence-electron chi connectivity index (χ2n) is 7.05. The minimum atomic E-state index is -0.444. The zero-order valence-corrected chi connectivity index (χ0v) is 16.8. The molecule has 0 aliphatic carbocycles. The van der Waals surface area contributed by atoms with Crippen molar-refractivity contribution in [3.63, 3.8) is 0 Å².